The van der Waals surface area contributed by atoms with Gasteiger partial charge in [0.1, 0.15) is 0 Å². The molecule has 1 amide bonds. The fraction of sp³-hybridized carbons (Fsp3) is 0.263. The molecule has 7 heteroatoms. The lowest BCUT2D eigenvalue weighted by molar-refractivity contribution is 0.0954. The van der Waals surface area contributed by atoms with Gasteiger partial charge in [-0.25, -0.2) is 0 Å². The van der Waals surface area contributed by atoms with E-state index in [1.807, 2.05) is 0 Å². The number of halogens is 2. The molecule has 0 saturated heterocycles. The summed E-state index contributed by atoms with van der Waals surface area (Å²) in [4.78, 5) is 16.2. The maximum atomic E-state index is 12.0. The first kappa shape index (κ1) is 22.2. The molecular weight excluding hydrogens is 463 g/mol. The molecule has 0 heterocycles. The Balaban J connectivity index is 0.00000338. The third-order valence-electron chi connectivity index (χ3n) is 3.61. The van der Waals surface area contributed by atoms with Crippen molar-refractivity contribution in [3.05, 3.63) is 70.2 Å². The zero-order chi connectivity index (χ0) is 18.1. The van der Waals surface area contributed by atoms with Crippen LogP contribution in [0.1, 0.15) is 21.5 Å². The summed E-state index contributed by atoms with van der Waals surface area (Å²) in [5.41, 5.74) is 3.01. The number of amides is 1. The van der Waals surface area contributed by atoms with E-state index >= 15 is 0 Å². The number of benzene rings is 2. The van der Waals surface area contributed by atoms with Crippen LogP contribution in [0.4, 0.5) is 0 Å². The minimum absolute atomic E-state index is 0. The van der Waals surface area contributed by atoms with Crippen LogP contribution in [0.15, 0.2) is 53.5 Å². The third kappa shape index (κ3) is 7.61. The molecule has 0 spiro atoms. The molecule has 0 fully saturated rings. The second-order valence-corrected chi connectivity index (χ2v) is 6.04. The fourth-order valence-corrected chi connectivity index (χ4v) is 2.30. The molecule has 0 aliphatic carbocycles. The van der Waals surface area contributed by atoms with Crippen LogP contribution < -0.4 is 16.0 Å². The first-order valence-corrected chi connectivity index (χ1v) is 8.50. The third-order valence-corrected chi connectivity index (χ3v) is 3.87. The lowest BCUT2D eigenvalue weighted by atomic mass is 10.1. The lowest BCUT2D eigenvalue weighted by Gasteiger charge is -2.12. The zero-order valence-corrected chi connectivity index (χ0v) is 18.0. The number of rotatable bonds is 6. The smallest absolute Gasteiger partial charge is 0.251 e. The predicted octanol–water partition coefficient (Wildman–Crippen LogP) is 3.36. The van der Waals surface area contributed by atoms with Gasteiger partial charge in [0.2, 0.25) is 0 Å². The molecule has 3 N–H and O–H groups in total. The first-order valence-electron chi connectivity index (χ1n) is 8.12. The van der Waals surface area contributed by atoms with Crippen molar-refractivity contribution in [2.45, 2.75) is 13.5 Å². The average Bonchev–Trinajstić information content (AvgIpc) is 2.63. The van der Waals surface area contributed by atoms with E-state index in [1.165, 1.54) is 11.1 Å². The molecule has 0 unspecified atom stereocenters. The number of aliphatic imine (C=N–C) groups is 1. The van der Waals surface area contributed by atoms with Gasteiger partial charge in [0.15, 0.2) is 5.96 Å². The Morgan fingerprint density at radius 1 is 0.962 bits per heavy atom. The molecule has 0 aliphatic rings. The van der Waals surface area contributed by atoms with E-state index in [0.717, 1.165) is 0 Å². The van der Waals surface area contributed by atoms with E-state index in [2.05, 4.69) is 52.1 Å². The van der Waals surface area contributed by atoms with E-state index in [9.17, 15) is 4.79 Å². The molecule has 2 aromatic rings. The van der Waals surface area contributed by atoms with Crippen LogP contribution in [0.2, 0.25) is 5.02 Å². The van der Waals surface area contributed by atoms with Crippen LogP contribution in [0.5, 0.6) is 0 Å². The number of guanidine groups is 1. The molecule has 140 valence electrons. The monoisotopic (exact) mass is 486 g/mol. The standard InChI is InChI=1S/C19H23ClN4O.HI/c1-14-3-5-15(6-4-14)13-24-19(21-2)23-12-11-22-18(25)16-7-9-17(20)10-8-16;/h3-10H,11-13H2,1-2H3,(H,22,25)(H2,21,23,24);1H. The highest BCUT2D eigenvalue weighted by Gasteiger charge is 2.04. The molecule has 26 heavy (non-hydrogen) atoms. The first-order chi connectivity index (χ1) is 12.1. The van der Waals surface area contributed by atoms with Crippen LogP contribution in [0, 0.1) is 6.92 Å². The number of hydrogen-bond donors (Lipinski definition) is 3. The van der Waals surface area contributed by atoms with Crippen molar-refractivity contribution >= 4 is 47.4 Å². The summed E-state index contributed by atoms with van der Waals surface area (Å²) in [7, 11) is 1.72. The number of nitrogens with zero attached hydrogens (tertiary/aromatic N) is 1. The van der Waals surface area contributed by atoms with E-state index in [1.54, 1.807) is 31.3 Å². The molecule has 0 atom stereocenters. The van der Waals surface area contributed by atoms with E-state index in [4.69, 9.17) is 11.6 Å². The van der Waals surface area contributed by atoms with E-state index < -0.39 is 0 Å². The maximum absolute atomic E-state index is 12.0. The van der Waals surface area contributed by atoms with Crippen molar-refractivity contribution in [2.75, 3.05) is 20.1 Å². The summed E-state index contributed by atoms with van der Waals surface area (Å²) >= 11 is 5.81. The molecule has 0 bridgehead atoms. The van der Waals surface area contributed by atoms with Gasteiger partial charge in [-0.3, -0.25) is 9.79 Å². The molecular formula is C19H24ClIN4O. The molecule has 0 aliphatic heterocycles. The Bertz CT molecular complexity index is 717. The van der Waals surface area contributed by atoms with E-state index in [-0.39, 0.29) is 29.9 Å². The number of aryl methyl sites for hydroxylation is 1. The van der Waals surface area contributed by atoms with Crippen molar-refractivity contribution in [3.63, 3.8) is 0 Å². The fourth-order valence-electron chi connectivity index (χ4n) is 2.17. The van der Waals surface area contributed by atoms with Crippen LogP contribution in [-0.4, -0.2) is 32.0 Å². The summed E-state index contributed by atoms with van der Waals surface area (Å²) in [6.45, 7) is 3.83. The van der Waals surface area contributed by atoms with Gasteiger partial charge in [-0.15, -0.1) is 24.0 Å². The Labute approximate surface area is 176 Å². The van der Waals surface area contributed by atoms with Gasteiger partial charge in [0.05, 0.1) is 0 Å². The Hall–Kier alpha value is -1.80. The maximum Gasteiger partial charge on any atom is 0.251 e. The number of hydrogen-bond acceptors (Lipinski definition) is 2. The van der Waals surface area contributed by atoms with Crippen LogP contribution in [-0.2, 0) is 6.54 Å². The van der Waals surface area contributed by atoms with Crippen molar-refractivity contribution in [1.82, 2.24) is 16.0 Å². The molecule has 2 rings (SSSR count). The highest BCUT2D eigenvalue weighted by atomic mass is 127. The van der Waals surface area contributed by atoms with Gasteiger partial charge < -0.3 is 16.0 Å². The highest BCUT2D eigenvalue weighted by molar-refractivity contribution is 14.0. The largest absolute Gasteiger partial charge is 0.355 e. The number of carbonyl (C=O) groups excluding carboxylic acids is 1. The molecule has 2 aromatic carbocycles. The lowest BCUT2D eigenvalue weighted by Crippen LogP contribution is -2.41. The summed E-state index contributed by atoms with van der Waals surface area (Å²) in [5.74, 6) is 0.572. The number of nitrogens with one attached hydrogen (secondary N) is 3. The van der Waals surface area contributed by atoms with Crippen molar-refractivity contribution in [3.8, 4) is 0 Å². The molecule has 0 saturated carbocycles. The van der Waals surface area contributed by atoms with Crippen LogP contribution in [0.25, 0.3) is 0 Å². The molecule has 5 nitrogen and oxygen atoms in total. The highest BCUT2D eigenvalue weighted by Crippen LogP contribution is 2.09. The quantitative estimate of drug-likeness (QED) is 0.254. The summed E-state index contributed by atoms with van der Waals surface area (Å²) in [6.07, 6.45) is 0. The van der Waals surface area contributed by atoms with Crippen LogP contribution >= 0.6 is 35.6 Å². The minimum atomic E-state index is -0.124. The molecule has 0 radical (unpaired) electrons. The normalized spacial score (nSPS) is 10.7. The average molecular weight is 487 g/mol. The van der Waals surface area contributed by atoms with Gasteiger partial charge in [-0.05, 0) is 36.8 Å². The summed E-state index contributed by atoms with van der Waals surface area (Å²) in [5, 5.41) is 9.88. The van der Waals surface area contributed by atoms with Gasteiger partial charge in [0, 0.05) is 37.3 Å². The topological polar surface area (TPSA) is 65.5 Å². The SMILES string of the molecule is CN=C(NCCNC(=O)c1ccc(Cl)cc1)NCc1ccc(C)cc1.I. The van der Waals surface area contributed by atoms with E-state index in [0.29, 0.717) is 36.2 Å². The zero-order valence-electron chi connectivity index (χ0n) is 14.9. The Kier molecular flexibility index (Phi) is 10.0. The van der Waals surface area contributed by atoms with Crippen molar-refractivity contribution in [2.24, 2.45) is 4.99 Å². The van der Waals surface area contributed by atoms with Gasteiger partial charge in [-0.1, -0.05) is 41.4 Å². The van der Waals surface area contributed by atoms with Crippen molar-refractivity contribution in [1.29, 1.82) is 0 Å². The second kappa shape index (κ2) is 11.7. The van der Waals surface area contributed by atoms with Gasteiger partial charge in [0.25, 0.3) is 5.91 Å². The minimum Gasteiger partial charge on any atom is -0.355 e. The second-order valence-electron chi connectivity index (χ2n) is 5.60. The predicted molar refractivity (Wildman–Crippen MR) is 119 cm³/mol. The van der Waals surface area contributed by atoms with Crippen molar-refractivity contribution < 1.29 is 4.79 Å². The van der Waals surface area contributed by atoms with Gasteiger partial charge >= 0.3 is 0 Å². The Morgan fingerprint density at radius 3 is 2.19 bits per heavy atom. The van der Waals surface area contributed by atoms with Gasteiger partial charge in [-0.2, -0.15) is 0 Å². The number of carbonyl (C=O) groups is 1. The van der Waals surface area contributed by atoms with Crippen LogP contribution in [0.3, 0.4) is 0 Å². The molecule has 0 aromatic heterocycles. The summed E-state index contributed by atoms with van der Waals surface area (Å²) < 4.78 is 0. The summed E-state index contributed by atoms with van der Waals surface area (Å²) in [6, 6.07) is 15.1. The Morgan fingerprint density at radius 2 is 1.58 bits per heavy atom.